The molecule has 1 fully saturated rings. The Kier molecular flexibility index (Phi) is 2.86. The van der Waals surface area contributed by atoms with E-state index < -0.39 is 10.8 Å². The molecule has 0 unspecified atom stereocenters. The zero-order chi connectivity index (χ0) is 7.56. The van der Waals surface area contributed by atoms with Gasteiger partial charge in [0.15, 0.2) is 0 Å². The Morgan fingerprint density at radius 1 is 1.60 bits per heavy atom. The van der Waals surface area contributed by atoms with Crippen molar-refractivity contribution >= 4 is 10.8 Å². The number of piperidine rings is 1. The molecule has 1 aliphatic rings. The van der Waals surface area contributed by atoms with E-state index in [-0.39, 0.29) is 0 Å². The van der Waals surface area contributed by atoms with Crippen LogP contribution < -0.4 is 0 Å². The quantitative estimate of drug-likeness (QED) is 0.557. The fourth-order valence-corrected chi connectivity index (χ4v) is 2.35. The number of rotatable bonds is 1. The maximum atomic E-state index is 11.0. The van der Waals surface area contributed by atoms with Gasteiger partial charge in [-0.1, -0.05) is 0 Å². The summed E-state index contributed by atoms with van der Waals surface area (Å²) in [4.78, 5) is 2.26. The molecule has 0 N–H and O–H groups in total. The monoisotopic (exact) mass is 161 g/mol. The Balaban J connectivity index is 2.39. The molecule has 60 valence electrons. The highest BCUT2D eigenvalue weighted by molar-refractivity contribution is 7.84. The van der Waals surface area contributed by atoms with Gasteiger partial charge in [-0.25, -0.2) is 0 Å². The van der Waals surface area contributed by atoms with Crippen LogP contribution in [-0.2, 0) is 10.8 Å². The summed E-state index contributed by atoms with van der Waals surface area (Å²) in [7, 11) is 1.48. The molecule has 0 aromatic heterocycles. The summed E-state index contributed by atoms with van der Waals surface area (Å²) < 4.78 is 11.0. The van der Waals surface area contributed by atoms with E-state index in [1.807, 2.05) is 6.26 Å². The molecule has 1 aliphatic heterocycles. The maximum Gasteiger partial charge on any atom is 0.0472 e. The summed E-state index contributed by atoms with van der Waals surface area (Å²) in [5.41, 5.74) is 0. The second-order valence-electron chi connectivity index (χ2n) is 3.03. The van der Waals surface area contributed by atoms with Crippen molar-refractivity contribution in [2.75, 3.05) is 26.4 Å². The minimum absolute atomic E-state index is 0.429. The minimum Gasteiger partial charge on any atom is -0.305 e. The summed E-state index contributed by atoms with van der Waals surface area (Å²) in [5.74, 6) is 0. The average molecular weight is 161 g/mol. The molecule has 0 amide bonds. The Hall–Kier alpha value is 0.110. The molecule has 0 bridgehead atoms. The van der Waals surface area contributed by atoms with Crippen LogP contribution in [0.25, 0.3) is 0 Å². The SMILES string of the molecule is CN1CCC[C@H]([S@@](C)=O)C1. The molecule has 0 aromatic rings. The van der Waals surface area contributed by atoms with E-state index in [1.165, 1.54) is 13.0 Å². The van der Waals surface area contributed by atoms with Crippen molar-refractivity contribution in [2.45, 2.75) is 18.1 Å². The van der Waals surface area contributed by atoms with E-state index in [0.717, 1.165) is 13.0 Å². The van der Waals surface area contributed by atoms with E-state index in [4.69, 9.17) is 0 Å². The van der Waals surface area contributed by atoms with Crippen molar-refractivity contribution < 1.29 is 4.21 Å². The van der Waals surface area contributed by atoms with E-state index in [0.29, 0.717) is 5.25 Å². The maximum absolute atomic E-state index is 11.0. The molecule has 0 spiro atoms. The van der Waals surface area contributed by atoms with Crippen LogP contribution >= 0.6 is 0 Å². The molecule has 3 heteroatoms. The fraction of sp³-hybridized carbons (Fsp3) is 1.00. The van der Waals surface area contributed by atoms with Crippen molar-refractivity contribution in [1.29, 1.82) is 0 Å². The molecule has 10 heavy (non-hydrogen) atoms. The highest BCUT2D eigenvalue weighted by atomic mass is 32.2. The molecule has 2 atom stereocenters. The molecule has 1 heterocycles. The van der Waals surface area contributed by atoms with Gasteiger partial charge in [-0.05, 0) is 26.4 Å². The van der Waals surface area contributed by atoms with Crippen LogP contribution in [0.5, 0.6) is 0 Å². The molecule has 0 radical (unpaired) electrons. The molecule has 0 aromatic carbocycles. The van der Waals surface area contributed by atoms with Gasteiger partial charge >= 0.3 is 0 Å². The van der Waals surface area contributed by atoms with Gasteiger partial charge in [0.25, 0.3) is 0 Å². The van der Waals surface area contributed by atoms with Crippen molar-refractivity contribution in [2.24, 2.45) is 0 Å². The highest BCUT2D eigenvalue weighted by Gasteiger charge is 2.19. The van der Waals surface area contributed by atoms with Crippen LogP contribution in [0.15, 0.2) is 0 Å². The van der Waals surface area contributed by atoms with Gasteiger partial charge < -0.3 is 4.90 Å². The van der Waals surface area contributed by atoms with Gasteiger partial charge in [-0.2, -0.15) is 0 Å². The lowest BCUT2D eigenvalue weighted by atomic mass is 10.1. The first-order valence-corrected chi connectivity index (χ1v) is 5.33. The Labute approximate surface area is 65.1 Å². The normalized spacial score (nSPS) is 32.0. The second kappa shape index (κ2) is 3.49. The molecule has 0 aliphatic carbocycles. The van der Waals surface area contributed by atoms with Gasteiger partial charge in [0.1, 0.15) is 0 Å². The standard InChI is InChI=1S/C7H15NOS/c1-8-5-3-4-7(6-8)10(2)9/h7H,3-6H2,1-2H3/t7-,10+/m0/s1. The van der Waals surface area contributed by atoms with Crippen LogP contribution in [0.2, 0.25) is 0 Å². The average Bonchev–Trinajstić information content (AvgIpc) is 1.88. The van der Waals surface area contributed by atoms with Crippen LogP contribution in [0.3, 0.4) is 0 Å². The molecule has 1 rings (SSSR count). The number of nitrogens with zero attached hydrogens (tertiary/aromatic N) is 1. The summed E-state index contributed by atoms with van der Waals surface area (Å²) in [6.45, 7) is 2.19. The third-order valence-electron chi connectivity index (χ3n) is 2.05. The van der Waals surface area contributed by atoms with Gasteiger partial charge in [0.2, 0.25) is 0 Å². The number of hydrogen-bond donors (Lipinski definition) is 0. The summed E-state index contributed by atoms with van der Waals surface area (Å²) in [5, 5.41) is 0.429. The summed E-state index contributed by atoms with van der Waals surface area (Å²) in [6.07, 6.45) is 4.16. The number of hydrogen-bond acceptors (Lipinski definition) is 2. The summed E-state index contributed by atoms with van der Waals surface area (Å²) in [6, 6.07) is 0. The Bertz CT molecular complexity index is 138. The smallest absolute Gasteiger partial charge is 0.0472 e. The van der Waals surface area contributed by atoms with Crippen LogP contribution in [0, 0.1) is 0 Å². The van der Waals surface area contributed by atoms with Crippen molar-refractivity contribution in [3.63, 3.8) is 0 Å². The van der Waals surface area contributed by atoms with Crippen LogP contribution in [0.1, 0.15) is 12.8 Å². The molecule has 1 saturated heterocycles. The topological polar surface area (TPSA) is 20.3 Å². The van der Waals surface area contributed by atoms with Gasteiger partial charge in [0, 0.05) is 28.9 Å². The third-order valence-corrected chi connectivity index (χ3v) is 3.37. The van der Waals surface area contributed by atoms with Crippen molar-refractivity contribution in [3.05, 3.63) is 0 Å². The molecule has 2 nitrogen and oxygen atoms in total. The second-order valence-corrected chi connectivity index (χ2v) is 4.69. The largest absolute Gasteiger partial charge is 0.305 e. The fourth-order valence-electron chi connectivity index (χ4n) is 1.39. The van der Waals surface area contributed by atoms with Crippen molar-refractivity contribution in [3.8, 4) is 0 Å². The lowest BCUT2D eigenvalue weighted by molar-refractivity contribution is 0.281. The predicted octanol–water partition coefficient (Wildman–Crippen LogP) is 0.459. The molecular weight excluding hydrogens is 146 g/mol. The summed E-state index contributed by atoms with van der Waals surface area (Å²) >= 11 is 0. The number of likely N-dealkylation sites (tertiary alicyclic amines) is 1. The minimum atomic E-state index is -0.614. The highest BCUT2D eigenvalue weighted by Crippen LogP contribution is 2.11. The predicted molar refractivity (Wildman–Crippen MR) is 44.6 cm³/mol. The zero-order valence-corrected chi connectivity index (χ0v) is 7.49. The Morgan fingerprint density at radius 3 is 2.70 bits per heavy atom. The first kappa shape index (κ1) is 8.21. The third kappa shape index (κ3) is 2.06. The van der Waals surface area contributed by atoms with E-state index in [2.05, 4.69) is 11.9 Å². The molecular formula is C7H15NOS. The Morgan fingerprint density at radius 2 is 2.30 bits per heavy atom. The lowest BCUT2D eigenvalue weighted by Crippen LogP contribution is -2.37. The van der Waals surface area contributed by atoms with E-state index in [9.17, 15) is 4.21 Å². The van der Waals surface area contributed by atoms with Gasteiger partial charge in [0.05, 0.1) is 0 Å². The van der Waals surface area contributed by atoms with Crippen molar-refractivity contribution in [1.82, 2.24) is 4.90 Å². The first-order chi connectivity index (χ1) is 4.70. The first-order valence-electron chi connectivity index (χ1n) is 3.71. The van der Waals surface area contributed by atoms with Gasteiger partial charge in [-0.15, -0.1) is 0 Å². The van der Waals surface area contributed by atoms with E-state index in [1.54, 1.807) is 0 Å². The van der Waals surface area contributed by atoms with Gasteiger partial charge in [-0.3, -0.25) is 4.21 Å². The van der Waals surface area contributed by atoms with E-state index >= 15 is 0 Å². The molecule has 0 saturated carbocycles. The lowest BCUT2D eigenvalue weighted by Gasteiger charge is -2.27. The van der Waals surface area contributed by atoms with Crippen LogP contribution in [-0.4, -0.2) is 40.8 Å². The van der Waals surface area contributed by atoms with Crippen LogP contribution in [0.4, 0.5) is 0 Å². The zero-order valence-electron chi connectivity index (χ0n) is 6.67.